The zero-order valence-corrected chi connectivity index (χ0v) is 43.2. The third kappa shape index (κ3) is 16.2. The lowest BCUT2D eigenvalue weighted by Gasteiger charge is -2.22. The minimum absolute atomic E-state index is 0.0104. The molecule has 4 aromatic carbocycles. The van der Waals surface area contributed by atoms with Gasteiger partial charge >= 0.3 is 6.09 Å². The number of benzene rings is 4. The first-order valence-electron chi connectivity index (χ1n) is 24.3. The van der Waals surface area contributed by atoms with E-state index in [-0.39, 0.29) is 44.6 Å². The van der Waals surface area contributed by atoms with Crippen LogP contribution < -0.4 is 19.7 Å². The maximum atomic E-state index is 14.0. The van der Waals surface area contributed by atoms with E-state index < -0.39 is 33.9 Å². The van der Waals surface area contributed by atoms with Gasteiger partial charge in [-0.1, -0.05) is 135 Å². The maximum Gasteiger partial charge on any atom is 0.415 e. The summed E-state index contributed by atoms with van der Waals surface area (Å²) in [6.07, 6.45) is 14.8. The zero-order valence-electron chi connectivity index (χ0n) is 41.7. The summed E-state index contributed by atoms with van der Waals surface area (Å²) in [5.41, 5.74) is 4.27. The Bertz CT molecular complexity index is 2760. The Kier molecular flexibility index (Phi) is 20.5. The number of nitrogens with zero attached hydrogens (tertiary/aromatic N) is 3. The second-order valence-electron chi connectivity index (χ2n) is 18.8. The van der Waals surface area contributed by atoms with Crippen molar-refractivity contribution in [3.63, 3.8) is 0 Å². The molecule has 2 amide bonds. The molecule has 374 valence electrons. The molecule has 0 aliphatic carbocycles. The van der Waals surface area contributed by atoms with Crippen molar-refractivity contribution in [2.24, 2.45) is 0 Å². The van der Waals surface area contributed by atoms with Gasteiger partial charge < -0.3 is 19.2 Å². The van der Waals surface area contributed by atoms with E-state index >= 15 is 0 Å². The molecule has 0 radical (unpaired) electrons. The molecule has 5 aromatic rings. The van der Waals surface area contributed by atoms with E-state index in [1.807, 2.05) is 18.2 Å². The van der Waals surface area contributed by atoms with Gasteiger partial charge in [-0.3, -0.25) is 19.2 Å². The summed E-state index contributed by atoms with van der Waals surface area (Å²) in [5, 5.41) is 12.7. The van der Waals surface area contributed by atoms with Crippen LogP contribution in [0.4, 0.5) is 21.9 Å². The summed E-state index contributed by atoms with van der Waals surface area (Å²) >= 11 is 6.49. The number of carbonyl (C=O) groups is 3. The van der Waals surface area contributed by atoms with Crippen LogP contribution >= 0.6 is 11.6 Å². The molecule has 13 nitrogen and oxygen atoms in total. The van der Waals surface area contributed by atoms with Crippen LogP contribution in [-0.2, 0) is 25.0 Å². The molecule has 0 fully saturated rings. The number of amides is 2. The number of ether oxygens (including phenoxy) is 2. The summed E-state index contributed by atoms with van der Waals surface area (Å²) in [5.74, 6) is -1.30. The first-order valence-corrected chi connectivity index (χ1v) is 26.3. The largest absolute Gasteiger partial charge is 0.497 e. The van der Waals surface area contributed by atoms with Crippen molar-refractivity contribution in [1.29, 1.82) is 5.26 Å². The summed E-state index contributed by atoms with van der Waals surface area (Å²) in [7, 11) is -0.844. The highest BCUT2D eigenvalue weighted by Gasteiger charge is 2.34. The molecule has 5 rings (SSSR count). The number of allylic oxidation sites excluding steroid dienone is 1. The summed E-state index contributed by atoms with van der Waals surface area (Å²) in [6, 6.07) is 23.2. The summed E-state index contributed by atoms with van der Waals surface area (Å²) in [4.78, 5) is 47.6. The normalized spacial score (nSPS) is 12.3. The minimum Gasteiger partial charge on any atom is -0.497 e. The molecule has 0 spiro atoms. The molecule has 1 aromatic heterocycles. The Morgan fingerprint density at radius 3 is 2.07 bits per heavy atom. The van der Waals surface area contributed by atoms with Crippen molar-refractivity contribution in [1.82, 2.24) is 4.98 Å². The van der Waals surface area contributed by atoms with Crippen LogP contribution in [0, 0.1) is 18.3 Å². The summed E-state index contributed by atoms with van der Waals surface area (Å²) < 4.78 is 45.6. The number of rotatable bonds is 26. The molecule has 1 unspecified atom stereocenters. The third-order valence-corrected chi connectivity index (χ3v) is 13.9. The number of oxazole rings is 1. The Morgan fingerprint density at radius 1 is 0.857 bits per heavy atom. The van der Waals surface area contributed by atoms with Crippen LogP contribution in [0.3, 0.4) is 0 Å². The molecule has 1 atom stereocenters. The van der Waals surface area contributed by atoms with Crippen LogP contribution in [0.5, 0.6) is 5.75 Å². The van der Waals surface area contributed by atoms with Gasteiger partial charge in [0.15, 0.2) is 5.58 Å². The lowest BCUT2D eigenvalue weighted by Crippen LogP contribution is -2.42. The van der Waals surface area contributed by atoms with Crippen molar-refractivity contribution in [2.75, 3.05) is 34.8 Å². The molecule has 0 aliphatic heterocycles. The van der Waals surface area contributed by atoms with Crippen LogP contribution in [0.2, 0.25) is 5.02 Å². The number of halogens is 1. The molecule has 0 bridgehead atoms. The van der Waals surface area contributed by atoms with Gasteiger partial charge in [0.1, 0.15) is 22.9 Å². The number of carbonyl (C=O) groups excluding carboxylic acids is 3. The molecular weight excluding hydrogens is 926 g/mol. The first kappa shape index (κ1) is 54.8. The Hall–Kier alpha value is -6.17. The van der Waals surface area contributed by atoms with Gasteiger partial charge in [0.25, 0.3) is 5.91 Å². The average molecular weight is 995 g/mol. The SMILES string of the molecule is CCCCCCCCCCCCCCCCS(=O)(=O)Nc1ccc(Cl)c(NC(=O)C(OC(=O)N(C)c2ccc(/C=C(\C#N)c3nc4cc(C(C)(C)C)ccc4o3)c(C)c2)C(=O)c2ccc(OC)cc2)c1. The number of unbranched alkanes of at least 4 members (excludes halogenated alkanes) is 13. The fourth-order valence-corrected chi connectivity index (χ4v) is 9.19. The first-order chi connectivity index (χ1) is 33.4. The number of hydrogen-bond acceptors (Lipinski definition) is 10. The number of Topliss-reactive ketones (excluding diaryl/α,β-unsaturated/α-hetero) is 1. The van der Waals surface area contributed by atoms with Gasteiger partial charge in [-0.05, 0) is 108 Å². The van der Waals surface area contributed by atoms with Crippen LogP contribution in [0.15, 0.2) is 83.3 Å². The van der Waals surface area contributed by atoms with Crippen molar-refractivity contribution in [3.8, 4) is 11.8 Å². The van der Waals surface area contributed by atoms with Crippen molar-refractivity contribution < 1.29 is 36.7 Å². The number of sulfonamides is 1. The summed E-state index contributed by atoms with van der Waals surface area (Å²) in [6.45, 7) is 10.3. The predicted molar refractivity (Wildman–Crippen MR) is 281 cm³/mol. The molecule has 0 aliphatic rings. The standard InChI is InChI=1S/C55H68ClN5O8S/c1-8-9-10-11-12-13-14-15-16-17-18-19-20-21-32-70(65,66)60-43-26-30-46(56)47(36-43)58-52(63)51(50(62)39-23-28-45(67-7)29-24-39)69-54(64)61(6)44-27-22-40(38(2)33-44)34-41(37-57)53-59-48-35-42(55(3,4)5)25-31-49(48)68-53/h22-31,33-36,51,60H,8-21,32H2,1-7H3,(H,58,63)/b41-34+. The van der Waals surface area contributed by atoms with E-state index in [0.29, 0.717) is 40.1 Å². The van der Waals surface area contributed by atoms with E-state index in [9.17, 15) is 28.1 Å². The highest BCUT2D eigenvalue weighted by atomic mass is 35.5. The lowest BCUT2D eigenvalue weighted by molar-refractivity contribution is -0.122. The molecule has 15 heteroatoms. The Labute approximate surface area is 419 Å². The molecule has 0 saturated carbocycles. The topological polar surface area (TPSA) is 181 Å². The Balaban J connectivity index is 1.22. The van der Waals surface area contributed by atoms with Gasteiger partial charge in [-0.2, -0.15) is 5.26 Å². The fourth-order valence-electron chi connectivity index (χ4n) is 7.86. The van der Waals surface area contributed by atoms with E-state index in [1.54, 1.807) is 31.2 Å². The van der Waals surface area contributed by atoms with Gasteiger partial charge in [-0.15, -0.1) is 0 Å². The zero-order chi connectivity index (χ0) is 50.8. The number of aryl methyl sites for hydroxylation is 1. The van der Waals surface area contributed by atoms with Crippen molar-refractivity contribution >= 4 is 79.2 Å². The van der Waals surface area contributed by atoms with E-state index in [2.05, 4.69) is 48.8 Å². The average Bonchev–Trinajstić information content (AvgIpc) is 3.76. The number of fused-ring (bicyclic) bond motifs is 1. The molecule has 2 N–H and O–H groups in total. The van der Waals surface area contributed by atoms with E-state index in [1.165, 1.54) is 114 Å². The van der Waals surface area contributed by atoms with Crippen molar-refractivity contribution in [2.45, 2.75) is 136 Å². The van der Waals surface area contributed by atoms with Gasteiger partial charge in [0.05, 0.1) is 29.3 Å². The van der Waals surface area contributed by atoms with Gasteiger partial charge in [0.2, 0.25) is 27.8 Å². The van der Waals surface area contributed by atoms with Crippen LogP contribution in [0.25, 0.3) is 22.7 Å². The van der Waals surface area contributed by atoms with Crippen molar-refractivity contribution in [3.05, 3.63) is 112 Å². The van der Waals surface area contributed by atoms with E-state index in [0.717, 1.165) is 36.1 Å². The number of anilines is 3. The van der Waals surface area contributed by atoms with Gasteiger partial charge in [-0.25, -0.2) is 18.2 Å². The number of nitriles is 1. The molecular formula is C55H68ClN5O8S. The smallest absolute Gasteiger partial charge is 0.415 e. The number of nitrogens with one attached hydrogen (secondary N) is 2. The monoisotopic (exact) mass is 993 g/mol. The predicted octanol–water partition coefficient (Wildman–Crippen LogP) is 13.8. The fraction of sp³-hybridized carbons (Fsp3) is 0.436. The van der Waals surface area contributed by atoms with Crippen LogP contribution in [0.1, 0.15) is 151 Å². The quantitative estimate of drug-likeness (QED) is 0.0234. The second-order valence-corrected chi connectivity index (χ2v) is 21.0. The molecule has 70 heavy (non-hydrogen) atoms. The molecule has 0 saturated heterocycles. The minimum atomic E-state index is -3.74. The third-order valence-electron chi connectivity index (χ3n) is 12.2. The van der Waals surface area contributed by atoms with Gasteiger partial charge in [0, 0.05) is 18.3 Å². The molecule has 1 heterocycles. The number of hydrogen-bond donors (Lipinski definition) is 2. The van der Waals surface area contributed by atoms with E-state index in [4.69, 9.17) is 25.5 Å². The Morgan fingerprint density at radius 2 is 1.49 bits per heavy atom. The number of ketones is 1. The number of aromatic nitrogens is 1. The van der Waals surface area contributed by atoms with Crippen LogP contribution in [-0.4, -0.2) is 57.2 Å². The highest BCUT2D eigenvalue weighted by Crippen LogP contribution is 2.31. The lowest BCUT2D eigenvalue weighted by atomic mass is 9.87. The highest BCUT2D eigenvalue weighted by molar-refractivity contribution is 7.92. The number of methoxy groups -OCH3 is 1. The maximum absolute atomic E-state index is 14.0. The second kappa shape index (κ2) is 26.2.